The maximum atomic E-state index is 13.2. The highest BCUT2D eigenvalue weighted by Gasteiger charge is 2.43. The van der Waals surface area contributed by atoms with Crippen LogP contribution < -0.4 is 4.74 Å². The Morgan fingerprint density at radius 2 is 2.07 bits per heavy atom. The summed E-state index contributed by atoms with van der Waals surface area (Å²) in [6.45, 7) is 1.99. The van der Waals surface area contributed by atoms with Gasteiger partial charge in [-0.1, -0.05) is 0 Å². The molecule has 0 aliphatic carbocycles. The number of halogens is 4. The van der Waals surface area contributed by atoms with Crippen LogP contribution in [0, 0.1) is 0 Å². The van der Waals surface area contributed by atoms with Gasteiger partial charge in [-0.05, 0) is 53.0 Å². The molecule has 0 amide bonds. The molecule has 1 aromatic carbocycles. The van der Waals surface area contributed by atoms with Crippen molar-refractivity contribution in [3.8, 4) is 17.0 Å². The van der Waals surface area contributed by atoms with Crippen molar-refractivity contribution in [3.05, 3.63) is 39.5 Å². The van der Waals surface area contributed by atoms with Crippen molar-refractivity contribution >= 4 is 21.9 Å². The standard InChI is InChI=1S/C18H17BrF3NO4/c1-3-27-17(25)13-8-11(16(24)18(20,21)22)15-10-7-12(19)14(26-2)6-9(10)4-5-23(13)15/h6-8,16,24H,3-5H2,1-2H3. The monoisotopic (exact) mass is 447 g/mol. The van der Waals surface area contributed by atoms with Gasteiger partial charge >= 0.3 is 12.1 Å². The number of hydrogen-bond donors (Lipinski definition) is 1. The fraction of sp³-hybridized carbons (Fsp3) is 0.389. The lowest BCUT2D eigenvalue weighted by Crippen LogP contribution is -2.22. The van der Waals surface area contributed by atoms with Gasteiger partial charge < -0.3 is 19.1 Å². The Labute approximate surface area is 161 Å². The number of carbonyl (C=O) groups excluding carboxylic acids is 1. The zero-order valence-electron chi connectivity index (χ0n) is 14.6. The van der Waals surface area contributed by atoms with Crippen molar-refractivity contribution in [1.29, 1.82) is 0 Å². The van der Waals surface area contributed by atoms with Crippen LogP contribution in [0.1, 0.15) is 34.6 Å². The zero-order chi connectivity index (χ0) is 19.9. The van der Waals surface area contributed by atoms with E-state index in [0.29, 0.717) is 22.2 Å². The van der Waals surface area contributed by atoms with Gasteiger partial charge in [0, 0.05) is 17.7 Å². The number of methoxy groups -OCH3 is 1. The number of ether oxygens (including phenoxy) is 2. The number of benzene rings is 1. The van der Waals surface area contributed by atoms with E-state index < -0.39 is 18.2 Å². The van der Waals surface area contributed by atoms with Gasteiger partial charge in [-0.15, -0.1) is 0 Å². The first-order valence-electron chi connectivity index (χ1n) is 8.21. The molecular weight excluding hydrogens is 431 g/mol. The Kier molecular flexibility index (Phi) is 5.27. The van der Waals surface area contributed by atoms with E-state index in [1.165, 1.54) is 11.7 Å². The van der Waals surface area contributed by atoms with Gasteiger partial charge in [-0.25, -0.2) is 4.79 Å². The highest BCUT2D eigenvalue weighted by atomic mass is 79.9. The minimum atomic E-state index is -4.87. The molecule has 27 heavy (non-hydrogen) atoms. The van der Waals surface area contributed by atoms with Crippen molar-refractivity contribution < 1.29 is 32.5 Å². The third-order valence-electron chi connectivity index (χ3n) is 4.45. The lowest BCUT2D eigenvalue weighted by atomic mass is 9.94. The van der Waals surface area contributed by atoms with Crippen molar-refractivity contribution in [1.82, 2.24) is 4.57 Å². The molecule has 1 aliphatic heterocycles. The van der Waals surface area contributed by atoms with Gasteiger partial charge in [-0.3, -0.25) is 0 Å². The number of aliphatic hydroxyl groups is 1. The lowest BCUT2D eigenvalue weighted by molar-refractivity contribution is -0.206. The molecule has 1 N–H and O–H groups in total. The average Bonchev–Trinajstić information content (AvgIpc) is 2.99. The molecule has 0 saturated carbocycles. The molecule has 1 unspecified atom stereocenters. The SMILES string of the molecule is CCOC(=O)c1cc(C(O)C(F)(F)F)c2n1CCc1cc(OC)c(Br)cc1-2. The van der Waals surface area contributed by atoms with Crippen molar-refractivity contribution in [2.24, 2.45) is 0 Å². The molecule has 0 bridgehead atoms. The van der Waals surface area contributed by atoms with Crippen LogP contribution in [-0.4, -0.2) is 35.5 Å². The van der Waals surface area contributed by atoms with Crippen molar-refractivity contribution in [3.63, 3.8) is 0 Å². The Morgan fingerprint density at radius 1 is 1.37 bits per heavy atom. The number of alkyl halides is 3. The van der Waals surface area contributed by atoms with Crippen LogP contribution >= 0.6 is 15.9 Å². The highest BCUT2D eigenvalue weighted by Crippen LogP contribution is 2.44. The third-order valence-corrected chi connectivity index (χ3v) is 5.07. The van der Waals surface area contributed by atoms with E-state index in [1.807, 2.05) is 0 Å². The van der Waals surface area contributed by atoms with Crippen LogP contribution in [0.3, 0.4) is 0 Å². The Bertz CT molecular complexity index is 892. The van der Waals surface area contributed by atoms with Gasteiger partial charge in [0.2, 0.25) is 0 Å². The predicted molar refractivity (Wildman–Crippen MR) is 94.8 cm³/mol. The number of fused-ring (bicyclic) bond motifs is 3. The van der Waals surface area contributed by atoms with Crippen LogP contribution in [0.5, 0.6) is 5.75 Å². The number of aryl methyl sites for hydroxylation is 1. The van der Waals surface area contributed by atoms with E-state index in [9.17, 15) is 23.1 Å². The minimum absolute atomic E-state index is 0.0114. The number of rotatable bonds is 4. The fourth-order valence-corrected chi connectivity index (χ4v) is 3.78. The molecule has 3 rings (SSSR count). The van der Waals surface area contributed by atoms with Gasteiger partial charge in [0.15, 0.2) is 6.10 Å². The summed E-state index contributed by atoms with van der Waals surface area (Å²) in [4.78, 5) is 12.2. The van der Waals surface area contributed by atoms with E-state index in [4.69, 9.17) is 9.47 Å². The second-order valence-corrected chi connectivity index (χ2v) is 6.90. The molecule has 146 valence electrons. The quantitative estimate of drug-likeness (QED) is 0.711. The van der Waals surface area contributed by atoms with Gasteiger partial charge in [-0.2, -0.15) is 13.2 Å². The van der Waals surface area contributed by atoms with Gasteiger partial charge in [0.1, 0.15) is 11.4 Å². The summed E-state index contributed by atoms with van der Waals surface area (Å²) in [7, 11) is 1.50. The van der Waals surface area contributed by atoms with Gasteiger partial charge in [0.05, 0.1) is 23.9 Å². The van der Waals surface area contributed by atoms with E-state index in [0.717, 1.165) is 11.6 Å². The molecule has 0 saturated heterocycles. The molecule has 0 radical (unpaired) electrons. The van der Waals surface area contributed by atoms with Crippen LogP contribution in [0.2, 0.25) is 0 Å². The third kappa shape index (κ3) is 3.45. The summed E-state index contributed by atoms with van der Waals surface area (Å²) < 4.78 is 52.0. The van der Waals surface area contributed by atoms with Crippen LogP contribution in [-0.2, 0) is 17.7 Å². The Hall–Kier alpha value is -2.00. The summed E-state index contributed by atoms with van der Waals surface area (Å²) >= 11 is 3.34. The normalized spacial score (nSPS) is 14.3. The van der Waals surface area contributed by atoms with Crippen LogP contribution in [0.15, 0.2) is 22.7 Å². The van der Waals surface area contributed by atoms with Crippen molar-refractivity contribution in [2.45, 2.75) is 32.2 Å². The zero-order valence-corrected chi connectivity index (χ0v) is 16.1. The van der Waals surface area contributed by atoms with E-state index >= 15 is 0 Å². The summed E-state index contributed by atoms with van der Waals surface area (Å²) in [6.07, 6.45) is -7.08. The molecular formula is C18H17BrF3NO4. The number of esters is 1. The summed E-state index contributed by atoms with van der Waals surface area (Å²) in [6, 6.07) is 4.45. The van der Waals surface area contributed by atoms with Crippen molar-refractivity contribution in [2.75, 3.05) is 13.7 Å². The molecule has 1 aliphatic rings. The Morgan fingerprint density at radius 3 is 2.67 bits per heavy atom. The second-order valence-electron chi connectivity index (χ2n) is 6.04. The maximum absolute atomic E-state index is 13.2. The molecule has 2 aromatic rings. The summed E-state index contributed by atoms with van der Waals surface area (Å²) in [5.41, 5.74) is 1.05. The maximum Gasteiger partial charge on any atom is 0.418 e. The summed E-state index contributed by atoms with van der Waals surface area (Å²) in [5.74, 6) is -0.173. The number of aromatic nitrogens is 1. The predicted octanol–water partition coefficient (Wildman–Crippen LogP) is 4.25. The van der Waals surface area contributed by atoms with E-state index in [1.54, 1.807) is 19.1 Å². The summed E-state index contributed by atoms with van der Waals surface area (Å²) in [5, 5.41) is 9.91. The first kappa shape index (κ1) is 19.8. The van der Waals surface area contributed by atoms with E-state index in [2.05, 4.69) is 15.9 Å². The van der Waals surface area contributed by atoms with Crippen LogP contribution in [0.4, 0.5) is 13.2 Å². The number of nitrogens with zero attached hydrogens (tertiary/aromatic N) is 1. The van der Waals surface area contributed by atoms with Crippen LogP contribution in [0.25, 0.3) is 11.3 Å². The molecule has 1 aromatic heterocycles. The molecule has 0 spiro atoms. The minimum Gasteiger partial charge on any atom is -0.496 e. The Balaban J connectivity index is 2.26. The highest BCUT2D eigenvalue weighted by molar-refractivity contribution is 9.10. The first-order chi connectivity index (χ1) is 12.7. The molecule has 0 fully saturated rings. The largest absolute Gasteiger partial charge is 0.496 e. The number of hydrogen-bond acceptors (Lipinski definition) is 4. The smallest absolute Gasteiger partial charge is 0.418 e. The van der Waals surface area contributed by atoms with E-state index in [-0.39, 0.29) is 30.1 Å². The van der Waals surface area contributed by atoms with Gasteiger partial charge in [0.25, 0.3) is 0 Å². The molecule has 1 atom stereocenters. The average molecular weight is 448 g/mol. The number of aliphatic hydroxyl groups excluding tert-OH is 1. The lowest BCUT2D eigenvalue weighted by Gasteiger charge is -2.24. The topological polar surface area (TPSA) is 60.7 Å². The molecule has 2 heterocycles. The first-order valence-corrected chi connectivity index (χ1v) is 9.00. The fourth-order valence-electron chi connectivity index (χ4n) is 3.27. The molecule has 9 heteroatoms. The second kappa shape index (κ2) is 7.20. The number of carbonyl (C=O) groups is 1. The molecule has 5 nitrogen and oxygen atoms in total.